The normalized spacial score (nSPS) is 17.3. The van der Waals surface area contributed by atoms with E-state index in [2.05, 4.69) is 23.8 Å². The van der Waals surface area contributed by atoms with E-state index in [0.717, 1.165) is 50.0 Å². The Bertz CT molecular complexity index is 954. The fourth-order valence-corrected chi connectivity index (χ4v) is 5.71. The molecule has 1 aromatic carbocycles. The Balaban J connectivity index is 1.38. The second kappa shape index (κ2) is 18.1. The minimum Gasteiger partial charge on any atom is -0.459 e. The van der Waals surface area contributed by atoms with E-state index >= 15 is 0 Å². The number of esters is 1. The van der Waals surface area contributed by atoms with Crippen molar-refractivity contribution in [1.82, 2.24) is 9.97 Å². The Morgan fingerprint density at radius 2 is 1.41 bits per heavy atom. The number of unbranched alkanes of at least 4 members (excludes halogenated alkanes) is 11. The van der Waals surface area contributed by atoms with Crippen molar-refractivity contribution in [3.8, 4) is 11.4 Å². The summed E-state index contributed by atoms with van der Waals surface area (Å²) in [6.45, 7) is 4.49. The Morgan fingerprint density at radius 3 is 2.03 bits per heavy atom. The van der Waals surface area contributed by atoms with Crippen molar-refractivity contribution in [2.24, 2.45) is 5.92 Å². The fourth-order valence-electron chi connectivity index (χ4n) is 5.71. The average molecular weight is 539 g/mol. The zero-order chi connectivity index (χ0) is 27.7. The van der Waals surface area contributed by atoms with Crippen LogP contribution >= 0.6 is 0 Å². The van der Waals surface area contributed by atoms with Crippen LogP contribution in [0.25, 0.3) is 11.4 Å². The average Bonchev–Trinajstić information content (AvgIpc) is 2.95. The van der Waals surface area contributed by atoms with Gasteiger partial charge in [0.25, 0.3) is 0 Å². The summed E-state index contributed by atoms with van der Waals surface area (Å²) in [5, 5.41) is 0. The van der Waals surface area contributed by atoms with Crippen molar-refractivity contribution in [1.29, 1.82) is 0 Å². The quantitative estimate of drug-likeness (QED) is 0.140. The lowest BCUT2D eigenvalue weighted by Gasteiger charge is -2.28. The van der Waals surface area contributed by atoms with Crippen molar-refractivity contribution in [3.05, 3.63) is 47.5 Å². The highest BCUT2D eigenvalue weighted by Gasteiger charge is 2.25. The summed E-state index contributed by atoms with van der Waals surface area (Å²) in [5.41, 5.74) is 1.66. The molecule has 0 bridgehead atoms. The number of nitrogens with zero attached hydrogens (tertiary/aromatic N) is 2. The lowest BCUT2D eigenvalue weighted by atomic mass is 9.84. The first-order chi connectivity index (χ1) is 19.1. The lowest BCUT2D eigenvalue weighted by Crippen LogP contribution is -2.25. The minimum absolute atomic E-state index is 0.0105. The van der Waals surface area contributed by atoms with Crippen LogP contribution in [0.15, 0.2) is 30.6 Å². The van der Waals surface area contributed by atoms with E-state index in [9.17, 15) is 9.18 Å². The van der Waals surface area contributed by atoms with Gasteiger partial charge in [0.2, 0.25) is 0 Å². The number of hydrogen-bond acceptors (Lipinski definition) is 4. The first kappa shape index (κ1) is 31.2. The molecule has 3 rings (SSSR count). The highest BCUT2D eigenvalue weighted by Crippen LogP contribution is 2.31. The Morgan fingerprint density at radius 1 is 0.821 bits per heavy atom. The van der Waals surface area contributed by atoms with E-state index < -0.39 is 11.8 Å². The fraction of sp³-hybridized carbons (Fsp3) is 0.676. The van der Waals surface area contributed by atoms with Crippen LogP contribution in [0.4, 0.5) is 4.39 Å². The molecular weight excluding hydrogens is 487 g/mol. The van der Waals surface area contributed by atoms with Crippen LogP contribution in [0.1, 0.15) is 145 Å². The van der Waals surface area contributed by atoms with Gasteiger partial charge in [-0.05, 0) is 62.1 Å². The summed E-state index contributed by atoms with van der Waals surface area (Å²) in [6, 6.07) is 4.56. The summed E-state index contributed by atoms with van der Waals surface area (Å²) in [5.74, 6) is 0.0678. The first-order valence-electron chi connectivity index (χ1n) is 15.9. The number of aryl methyl sites for hydroxylation is 1. The molecule has 1 aromatic heterocycles. The molecule has 39 heavy (non-hydrogen) atoms. The van der Waals surface area contributed by atoms with Crippen LogP contribution in [-0.4, -0.2) is 22.0 Å². The molecule has 0 unspecified atom stereocenters. The molecule has 0 saturated heterocycles. The maximum atomic E-state index is 14.9. The SMILES string of the molecule is CCCCCCCCCC1CCC(OC(=O)c2ccc(-c3ncc(CCCCCCCC)cn3)cc2F)CC1. The van der Waals surface area contributed by atoms with Gasteiger partial charge in [0.05, 0.1) is 5.56 Å². The Labute approximate surface area is 236 Å². The van der Waals surface area contributed by atoms with E-state index in [1.165, 1.54) is 95.6 Å². The van der Waals surface area contributed by atoms with Gasteiger partial charge in [-0.15, -0.1) is 0 Å². The molecule has 0 atom stereocenters. The van der Waals surface area contributed by atoms with Gasteiger partial charge in [-0.25, -0.2) is 19.2 Å². The van der Waals surface area contributed by atoms with Crippen LogP contribution in [0.5, 0.6) is 0 Å². The largest absolute Gasteiger partial charge is 0.459 e. The van der Waals surface area contributed by atoms with Gasteiger partial charge in [-0.1, -0.05) is 103 Å². The number of ether oxygens (including phenoxy) is 1. The second-order valence-corrected chi connectivity index (χ2v) is 11.6. The second-order valence-electron chi connectivity index (χ2n) is 11.6. The van der Waals surface area contributed by atoms with E-state index in [4.69, 9.17) is 4.74 Å². The van der Waals surface area contributed by atoms with Gasteiger partial charge < -0.3 is 4.74 Å². The van der Waals surface area contributed by atoms with Gasteiger partial charge in [0.15, 0.2) is 5.82 Å². The van der Waals surface area contributed by atoms with Crippen molar-refractivity contribution >= 4 is 5.97 Å². The van der Waals surface area contributed by atoms with Crippen LogP contribution in [0.3, 0.4) is 0 Å². The summed E-state index contributed by atoms with van der Waals surface area (Å²) in [6.07, 6.45) is 26.7. The number of benzene rings is 1. The third-order valence-corrected chi connectivity index (χ3v) is 8.25. The first-order valence-corrected chi connectivity index (χ1v) is 15.9. The third-order valence-electron chi connectivity index (χ3n) is 8.25. The molecule has 1 aliphatic carbocycles. The molecule has 0 aliphatic heterocycles. The lowest BCUT2D eigenvalue weighted by molar-refractivity contribution is 0.0156. The van der Waals surface area contributed by atoms with Crippen molar-refractivity contribution in [3.63, 3.8) is 0 Å². The molecule has 0 spiro atoms. The predicted molar refractivity (Wildman–Crippen MR) is 158 cm³/mol. The topological polar surface area (TPSA) is 52.1 Å². The van der Waals surface area contributed by atoms with Crippen molar-refractivity contribution in [2.45, 2.75) is 142 Å². The Hall–Kier alpha value is -2.30. The predicted octanol–water partition coefficient (Wildman–Crippen LogP) is 10.0. The van der Waals surface area contributed by atoms with E-state index in [0.29, 0.717) is 11.4 Å². The Kier molecular flexibility index (Phi) is 14.5. The van der Waals surface area contributed by atoms with Gasteiger partial charge in [0, 0.05) is 18.0 Å². The number of hydrogen-bond donors (Lipinski definition) is 0. The smallest absolute Gasteiger partial charge is 0.341 e. The van der Waals surface area contributed by atoms with E-state index in [-0.39, 0.29) is 11.7 Å². The minimum atomic E-state index is -0.579. The number of halogens is 1. The van der Waals surface area contributed by atoms with Crippen LogP contribution in [0.2, 0.25) is 0 Å². The molecule has 0 amide bonds. The zero-order valence-corrected chi connectivity index (χ0v) is 24.6. The summed E-state index contributed by atoms with van der Waals surface area (Å²) >= 11 is 0. The summed E-state index contributed by atoms with van der Waals surface area (Å²) < 4.78 is 20.6. The molecule has 4 nitrogen and oxygen atoms in total. The third kappa shape index (κ3) is 11.4. The molecule has 5 heteroatoms. The number of carbonyl (C=O) groups excluding carboxylic acids is 1. The van der Waals surface area contributed by atoms with Crippen molar-refractivity contribution < 1.29 is 13.9 Å². The molecule has 2 aromatic rings. The van der Waals surface area contributed by atoms with Crippen molar-refractivity contribution in [2.75, 3.05) is 0 Å². The summed E-state index contributed by atoms with van der Waals surface area (Å²) in [4.78, 5) is 21.6. The van der Waals surface area contributed by atoms with Crippen LogP contribution < -0.4 is 0 Å². The zero-order valence-electron chi connectivity index (χ0n) is 24.6. The number of rotatable bonds is 18. The molecule has 0 radical (unpaired) electrons. The number of carbonyl (C=O) groups is 1. The van der Waals surface area contributed by atoms with Gasteiger partial charge >= 0.3 is 5.97 Å². The maximum Gasteiger partial charge on any atom is 0.341 e. The van der Waals surface area contributed by atoms with Gasteiger partial charge in [-0.2, -0.15) is 0 Å². The maximum absolute atomic E-state index is 14.9. The molecule has 0 N–H and O–H groups in total. The van der Waals surface area contributed by atoms with Crippen LogP contribution in [0, 0.1) is 11.7 Å². The number of aromatic nitrogens is 2. The monoisotopic (exact) mass is 538 g/mol. The van der Waals surface area contributed by atoms with Crippen LogP contribution in [-0.2, 0) is 11.2 Å². The molecule has 1 aliphatic rings. The molecule has 1 heterocycles. The summed E-state index contributed by atoms with van der Waals surface area (Å²) in [7, 11) is 0. The standard InChI is InChI=1S/C34H51FN2O2/c1-3-5-7-9-11-13-14-16-27-18-21-30(22-19-27)39-34(38)31-23-20-29(24-32(31)35)33-36-25-28(26-37-33)17-15-12-10-8-6-4-2/h20,23-27,30H,3-19,21-22H2,1-2H3. The van der Waals surface area contributed by atoms with Gasteiger partial charge in [0.1, 0.15) is 11.9 Å². The van der Waals surface area contributed by atoms with Gasteiger partial charge in [-0.3, -0.25) is 0 Å². The highest BCUT2D eigenvalue weighted by molar-refractivity contribution is 5.90. The molecule has 1 saturated carbocycles. The van der Waals surface area contributed by atoms with E-state index in [1.807, 2.05) is 12.4 Å². The highest BCUT2D eigenvalue weighted by atomic mass is 19.1. The molecular formula is C34H51FN2O2. The van der Waals surface area contributed by atoms with E-state index in [1.54, 1.807) is 6.07 Å². The molecule has 1 fully saturated rings. The molecule has 216 valence electrons.